The lowest BCUT2D eigenvalue weighted by atomic mass is 9.89. The van der Waals surface area contributed by atoms with Crippen LogP contribution in [-0.4, -0.2) is 34.2 Å². The summed E-state index contributed by atoms with van der Waals surface area (Å²) < 4.78 is 6.24. The number of furan rings is 1. The first-order chi connectivity index (χ1) is 14.0. The van der Waals surface area contributed by atoms with Gasteiger partial charge in [-0.1, -0.05) is 19.3 Å². The number of anilines is 1. The van der Waals surface area contributed by atoms with Crippen molar-refractivity contribution in [2.24, 2.45) is 5.92 Å². The summed E-state index contributed by atoms with van der Waals surface area (Å²) in [7, 11) is 0. The number of aliphatic carboxylic acids is 1. The Hall–Kier alpha value is -2.11. The van der Waals surface area contributed by atoms with Gasteiger partial charge in [0, 0.05) is 29.6 Å². The number of carboxylic acid groups (broad SMARTS) is 1. The van der Waals surface area contributed by atoms with E-state index < -0.39 is 5.97 Å². The number of rotatable bonds is 3. The van der Waals surface area contributed by atoms with Gasteiger partial charge in [0.1, 0.15) is 11.9 Å². The zero-order valence-electron chi connectivity index (χ0n) is 16.2. The van der Waals surface area contributed by atoms with Gasteiger partial charge in [-0.2, -0.15) is 5.26 Å². The molecule has 0 amide bonds. The van der Waals surface area contributed by atoms with Crippen molar-refractivity contribution in [2.45, 2.75) is 69.5 Å². The van der Waals surface area contributed by atoms with Gasteiger partial charge in [0.2, 0.25) is 5.76 Å². The summed E-state index contributed by atoms with van der Waals surface area (Å²) in [4.78, 5) is 14.9. The molecule has 1 saturated carbocycles. The van der Waals surface area contributed by atoms with Gasteiger partial charge in [-0.15, -0.1) is 0 Å². The highest BCUT2D eigenvalue weighted by atomic mass is 79.9. The zero-order valence-corrected chi connectivity index (χ0v) is 17.7. The van der Waals surface area contributed by atoms with Crippen molar-refractivity contribution in [3.8, 4) is 6.07 Å². The number of fused-ring (bicyclic) bond motifs is 3. The maximum absolute atomic E-state index is 10.6. The van der Waals surface area contributed by atoms with Crippen LogP contribution in [0.2, 0.25) is 0 Å². The van der Waals surface area contributed by atoms with E-state index in [0.29, 0.717) is 23.4 Å². The SMILES string of the molecule is N#Cc1cc2c(Br)c(NC3CCCCC3)ncc2o1.O=C(O)C1CC2CCC1N2. The molecule has 5 rings (SSSR count). The summed E-state index contributed by atoms with van der Waals surface area (Å²) in [5.74, 6) is 0.426. The van der Waals surface area contributed by atoms with Gasteiger partial charge in [0.05, 0.1) is 16.6 Å². The number of aromatic nitrogens is 1. The van der Waals surface area contributed by atoms with E-state index in [-0.39, 0.29) is 12.0 Å². The van der Waals surface area contributed by atoms with E-state index in [1.165, 1.54) is 38.5 Å². The summed E-state index contributed by atoms with van der Waals surface area (Å²) in [6, 6.07) is 5.04. The third-order valence-electron chi connectivity index (χ3n) is 6.19. The first-order valence-electron chi connectivity index (χ1n) is 10.3. The predicted octanol–water partition coefficient (Wildman–Crippen LogP) is 4.42. The fraction of sp³-hybridized carbons (Fsp3) is 0.571. The minimum absolute atomic E-state index is 0.0984. The number of carboxylic acids is 1. The van der Waals surface area contributed by atoms with Crippen molar-refractivity contribution in [1.29, 1.82) is 5.26 Å². The van der Waals surface area contributed by atoms with Crippen LogP contribution < -0.4 is 10.6 Å². The summed E-state index contributed by atoms with van der Waals surface area (Å²) in [6.45, 7) is 0. The smallest absolute Gasteiger partial charge is 0.308 e. The van der Waals surface area contributed by atoms with E-state index >= 15 is 0 Å². The van der Waals surface area contributed by atoms with Crippen molar-refractivity contribution in [3.05, 3.63) is 22.5 Å². The van der Waals surface area contributed by atoms with Crippen LogP contribution in [0.3, 0.4) is 0 Å². The molecule has 2 aliphatic heterocycles. The van der Waals surface area contributed by atoms with Crippen LogP contribution in [0, 0.1) is 17.2 Å². The molecule has 3 atom stereocenters. The van der Waals surface area contributed by atoms with E-state index in [9.17, 15) is 4.79 Å². The molecule has 2 saturated heterocycles. The molecule has 0 spiro atoms. The number of hydrogen-bond acceptors (Lipinski definition) is 6. The molecule has 2 aromatic heterocycles. The molecule has 3 N–H and O–H groups in total. The van der Waals surface area contributed by atoms with E-state index in [0.717, 1.165) is 28.5 Å². The number of nitriles is 1. The molecule has 3 fully saturated rings. The second-order valence-electron chi connectivity index (χ2n) is 8.13. The molecule has 4 heterocycles. The third kappa shape index (κ3) is 4.41. The number of hydrogen-bond donors (Lipinski definition) is 3. The number of halogens is 1. The molecular formula is C21H25BrN4O3. The second kappa shape index (κ2) is 8.72. The summed E-state index contributed by atoms with van der Waals surface area (Å²) in [6.07, 6.45) is 11.0. The van der Waals surface area contributed by atoms with Gasteiger partial charge in [-0.05, 0) is 48.0 Å². The lowest BCUT2D eigenvalue weighted by Crippen LogP contribution is -2.28. The molecule has 2 aromatic rings. The Bertz CT molecular complexity index is 932. The van der Waals surface area contributed by atoms with Gasteiger partial charge in [-0.25, -0.2) is 4.98 Å². The quantitative estimate of drug-likeness (QED) is 0.621. The maximum Gasteiger partial charge on any atom is 0.308 e. The Labute approximate surface area is 178 Å². The highest BCUT2D eigenvalue weighted by Gasteiger charge is 2.42. The molecule has 7 nitrogen and oxygen atoms in total. The molecule has 8 heteroatoms. The third-order valence-corrected chi connectivity index (χ3v) is 6.99. The number of nitrogens with one attached hydrogen (secondary N) is 2. The Morgan fingerprint density at radius 2 is 2.10 bits per heavy atom. The molecule has 1 aliphatic carbocycles. The molecule has 0 radical (unpaired) electrons. The van der Waals surface area contributed by atoms with Crippen molar-refractivity contribution >= 4 is 38.7 Å². The number of pyridine rings is 1. The average molecular weight is 461 g/mol. The highest BCUT2D eigenvalue weighted by molar-refractivity contribution is 9.10. The summed E-state index contributed by atoms with van der Waals surface area (Å²) in [5, 5.41) is 25.2. The zero-order chi connectivity index (χ0) is 20.4. The minimum atomic E-state index is -0.625. The van der Waals surface area contributed by atoms with Crippen LogP contribution >= 0.6 is 15.9 Å². The van der Waals surface area contributed by atoms with Gasteiger partial charge >= 0.3 is 5.97 Å². The van der Waals surface area contributed by atoms with Crippen molar-refractivity contribution in [1.82, 2.24) is 10.3 Å². The Balaban J connectivity index is 0.000000171. The van der Waals surface area contributed by atoms with Gasteiger partial charge < -0.3 is 20.2 Å². The lowest BCUT2D eigenvalue weighted by Gasteiger charge is -2.23. The standard InChI is InChI=1S/C14H14BrN3O.C7H11NO2/c15-13-11-6-10(7-16)19-12(11)8-17-14(13)18-9-4-2-1-3-5-9;9-7(10)5-3-4-1-2-6(5)8-4/h6,8-9H,1-5H2,(H,17,18);4-6,8H,1-3H2,(H,9,10). The monoisotopic (exact) mass is 460 g/mol. The van der Waals surface area contributed by atoms with Crippen LogP contribution in [0.25, 0.3) is 11.0 Å². The molecule has 3 aliphatic rings. The van der Waals surface area contributed by atoms with E-state index in [4.69, 9.17) is 14.8 Å². The Morgan fingerprint density at radius 1 is 1.31 bits per heavy atom. The van der Waals surface area contributed by atoms with Crippen LogP contribution in [0.15, 0.2) is 21.2 Å². The van der Waals surface area contributed by atoms with Crippen molar-refractivity contribution < 1.29 is 14.3 Å². The van der Waals surface area contributed by atoms with Crippen molar-refractivity contribution in [2.75, 3.05) is 5.32 Å². The fourth-order valence-corrected chi connectivity index (χ4v) is 5.20. The van der Waals surface area contributed by atoms with Gasteiger partial charge in [0.25, 0.3) is 0 Å². The Morgan fingerprint density at radius 3 is 2.69 bits per heavy atom. The normalized spacial score (nSPS) is 26.0. The maximum atomic E-state index is 10.6. The second-order valence-corrected chi connectivity index (χ2v) is 8.92. The van der Waals surface area contributed by atoms with Gasteiger partial charge in [0.15, 0.2) is 5.58 Å². The molecule has 2 bridgehead atoms. The Kier molecular flexibility index (Phi) is 6.07. The minimum Gasteiger partial charge on any atom is -0.481 e. The lowest BCUT2D eigenvalue weighted by molar-refractivity contribution is -0.142. The largest absolute Gasteiger partial charge is 0.481 e. The van der Waals surface area contributed by atoms with Gasteiger partial charge in [-0.3, -0.25) is 4.79 Å². The average Bonchev–Trinajstić information content (AvgIpc) is 3.47. The van der Waals surface area contributed by atoms with Crippen LogP contribution in [0.5, 0.6) is 0 Å². The summed E-state index contributed by atoms with van der Waals surface area (Å²) >= 11 is 3.56. The molecule has 29 heavy (non-hydrogen) atoms. The highest BCUT2D eigenvalue weighted by Crippen LogP contribution is 2.34. The fourth-order valence-electron chi connectivity index (χ4n) is 4.67. The van der Waals surface area contributed by atoms with Crippen LogP contribution in [0.4, 0.5) is 5.82 Å². The van der Waals surface area contributed by atoms with E-state index in [2.05, 4.69) is 31.5 Å². The molecule has 0 aromatic carbocycles. The number of nitrogens with zero attached hydrogens (tertiary/aromatic N) is 2. The molecule has 154 valence electrons. The molecule has 3 unspecified atom stereocenters. The predicted molar refractivity (Wildman–Crippen MR) is 113 cm³/mol. The first kappa shape index (κ1) is 20.2. The van der Waals surface area contributed by atoms with Crippen LogP contribution in [0.1, 0.15) is 57.1 Å². The van der Waals surface area contributed by atoms with Crippen molar-refractivity contribution in [3.63, 3.8) is 0 Å². The van der Waals surface area contributed by atoms with E-state index in [1.807, 2.05) is 6.07 Å². The topological polar surface area (TPSA) is 111 Å². The summed E-state index contributed by atoms with van der Waals surface area (Å²) in [5.41, 5.74) is 0.637. The molecular weight excluding hydrogens is 436 g/mol. The van der Waals surface area contributed by atoms with E-state index in [1.54, 1.807) is 12.3 Å². The number of carbonyl (C=O) groups is 1. The first-order valence-corrected chi connectivity index (χ1v) is 11.1. The van der Waals surface area contributed by atoms with Crippen LogP contribution in [-0.2, 0) is 4.79 Å².